The first-order valence-electron chi connectivity index (χ1n) is 7.32. The van der Waals surface area contributed by atoms with Gasteiger partial charge in [0.25, 0.3) is 0 Å². The zero-order valence-electron chi connectivity index (χ0n) is 11.9. The van der Waals surface area contributed by atoms with Gasteiger partial charge in [0.15, 0.2) is 9.84 Å². The Hall–Kier alpha value is -0.980. The third-order valence-electron chi connectivity index (χ3n) is 4.67. The Kier molecular flexibility index (Phi) is 4.03. The zero-order chi connectivity index (χ0) is 15.0. The number of likely N-dealkylation sites (tertiary alicyclic amines) is 1. The molecule has 1 heterocycles. The highest BCUT2D eigenvalue weighted by atomic mass is 32.2. The van der Waals surface area contributed by atoms with E-state index in [1.54, 1.807) is 24.3 Å². The Labute approximate surface area is 131 Å². The Balaban J connectivity index is 1.65. The molecule has 21 heavy (non-hydrogen) atoms. The van der Waals surface area contributed by atoms with Crippen molar-refractivity contribution in [2.75, 3.05) is 18.8 Å². The predicted octanol–water partition coefficient (Wildman–Crippen LogP) is 1.58. The number of hydrogen-bond donors (Lipinski definition) is 1. The lowest BCUT2D eigenvalue weighted by molar-refractivity contribution is 0.225. The van der Waals surface area contributed by atoms with Crippen LogP contribution in [0.2, 0.25) is 0 Å². The van der Waals surface area contributed by atoms with Crippen LogP contribution in [0.25, 0.3) is 0 Å². The molecule has 2 atom stereocenters. The van der Waals surface area contributed by atoms with Crippen LogP contribution in [0.3, 0.4) is 0 Å². The van der Waals surface area contributed by atoms with Crippen molar-refractivity contribution in [3.63, 3.8) is 0 Å². The first kappa shape index (κ1) is 14.9. The van der Waals surface area contributed by atoms with E-state index in [-0.39, 0.29) is 10.7 Å². The number of fused-ring (bicyclic) bond motifs is 2. The van der Waals surface area contributed by atoms with Crippen LogP contribution in [-0.4, -0.2) is 43.2 Å². The molecule has 114 valence electrons. The molecule has 2 fully saturated rings. The van der Waals surface area contributed by atoms with Gasteiger partial charge in [-0.05, 0) is 37.3 Å². The molecule has 1 aromatic carbocycles. The molecule has 2 unspecified atom stereocenters. The fourth-order valence-corrected chi connectivity index (χ4v) is 4.88. The summed E-state index contributed by atoms with van der Waals surface area (Å²) in [5.74, 6) is 0.977. The summed E-state index contributed by atoms with van der Waals surface area (Å²) in [6, 6.07) is 7.15. The molecule has 1 saturated carbocycles. The molecule has 1 aliphatic carbocycles. The van der Waals surface area contributed by atoms with Crippen LogP contribution < -0.4 is 5.73 Å². The van der Waals surface area contributed by atoms with Gasteiger partial charge >= 0.3 is 0 Å². The van der Waals surface area contributed by atoms with Crippen LogP contribution >= 0.6 is 12.2 Å². The molecule has 3 rings (SSSR count). The number of benzene rings is 1. The molecule has 1 aliphatic heterocycles. The number of thiocarbonyl (C=S) groups is 1. The lowest BCUT2D eigenvalue weighted by Gasteiger charge is -2.26. The number of piperidine rings is 1. The predicted molar refractivity (Wildman–Crippen MR) is 87.1 cm³/mol. The number of nitrogens with zero attached hydrogens (tertiary/aromatic N) is 1. The van der Waals surface area contributed by atoms with Gasteiger partial charge < -0.3 is 5.73 Å². The van der Waals surface area contributed by atoms with E-state index in [2.05, 4.69) is 4.90 Å². The summed E-state index contributed by atoms with van der Waals surface area (Å²) in [6.45, 7) is 1.71. The molecule has 1 aromatic rings. The van der Waals surface area contributed by atoms with E-state index in [0.29, 0.717) is 23.0 Å². The van der Waals surface area contributed by atoms with Gasteiger partial charge in [0.05, 0.1) is 10.6 Å². The fraction of sp³-hybridized carbons (Fsp3) is 0.533. The van der Waals surface area contributed by atoms with Gasteiger partial charge in [-0.25, -0.2) is 8.42 Å². The molecular weight excluding hydrogens is 304 g/mol. The Morgan fingerprint density at radius 1 is 1.29 bits per heavy atom. The third kappa shape index (κ3) is 3.12. The number of sulfone groups is 1. The minimum Gasteiger partial charge on any atom is -0.389 e. The molecule has 2 aliphatic rings. The van der Waals surface area contributed by atoms with Crippen molar-refractivity contribution in [1.82, 2.24) is 4.90 Å². The molecule has 4 nitrogen and oxygen atoms in total. The van der Waals surface area contributed by atoms with Crippen molar-refractivity contribution in [2.24, 2.45) is 11.7 Å². The second-order valence-corrected chi connectivity index (χ2v) is 8.58. The van der Waals surface area contributed by atoms with Gasteiger partial charge in [-0.3, -0.25) is 4.90 Å². The lowest BCUT2D eigenvalue weighted by atomic mass is 10.1. The largest absolute Gasteiger partial charge is 0.389 e. The van der Waals surface area contributed by atoms with Crippen molar-refractivity contribution in [2.45, 2.75) is 30.2 Å². The summed E-state index contributed by atoms with van der Waals surface area (Å²) in [5, 5.41) is 0. The van der Waals surface area contributed by atoms with Gasteiger partial charge in [0, 0.05) is 24.7 Å². The van der Waals surface area contributed by atoms with Crippen molar-refractivity contribution >= 4 is 27.0 Å². The molecular formula is C15H20N2O2S2. The normalized spacial score (nSPS) is 25.3. The maximum absolute atomic E-state index is 12.4. The van der Waals surface area contributed by atoms with E-state index in [0.717, 1.165) is 12.5 Å². The first-order chi connectivity index (χ1) is 9.95. The Morgan fingerprint density at radius 2 is 2.00 bits per heavy atom. The molecule has 6 heteroatoms. The minimum atomic E-state index is -3.23. The van der Waals surface area contributed by atoms with Gasteiger partial charge in [-0.15, -0.1) is 0 Å². The topological polar surface area (TPSA) is 63.4 Å². The standard InChI is InChI=1S/C15H20N2O2S2/c16-15(20)12-2-5-14(6-3-12)21(18,19)8-7-17-10-11-1-4-13(17)9-11/h2-3,5-6,11,13H,1,4,7-10H2,(H2,16,20). The van der Waals surface area contributed by atoms with Crippen LogP contribution in [0.15, 0.2) is 29.2 Å². The van der Waals surface area contributed by atoms with E-state index in [1.807, 2.05) is 0 Å². The second-order valence-electron chi connectivity index (χ2n) is 6.04. The molecule has 0 amide bonds. The average Bonchev–Trinajstić information content (AvgIpc) is 3.08. The molecule has 2 N–H and O–H groups in total. The molecule has 1 saturated heterocycles. The van der Waals surface area contributed by atoms with E-state index < -0.39 is 9.84 Å². The monoisotopic (exact) mass is 324 g/mol. The minimum absolute atomic E-state index is 0.183. The van der Waals surface area contributed by atoms with E-state index in [1.165, 1.54) is 19.3 Å². The summed E-state index contributed by atoms with van der Waals surface area (Å²) < 4.78 is 24.8. The molecule has 0 radical (unpaired) electrons. The molecule has 0 spiro atoms. The quantitative estimate of drug-likeness (QED) is 0.833. The Bertz CT molecular complexity index is 640. The van der Waals surface area contributed by atoms with E-state index in [9.17, 15) is 8.42 Å². The average molecular weight is 324 g/mol. The highest BCUT2D eigenvalue weighted by Gasteiger charge is 2.37. The molecule has 2 bridgehead atoms. The number of hydrogen-bond acceptors (Lipinski definition) is 4. The summed E-state index contributed by atoms with van der Waals surface area (Å²) in [7, 11) is -3.23. The van der Waals surface area contributed by atoms with Crippen molar-refractivity contribution in [3.05, 3.63) is 29.8 Å². The van der Waals surface area contributed by atoms with Crippen LogP contribution in [0.1, 0.15) is 24.8 Å². The van der Waals surface area contributed by atoms with Gasteiger partial charge in [0.1, 0.15) is 4.99 Å². The van der Waals surface area contributed by atoms with Crippen LogP contribution in [0.4, 0.5) is 0 Å². The lowest BCUT2D eigenvalue weighted by Crippen LogP contribution is -2.35. The number of rotatable bonds is 5. The van der Waals surface area contributed by atoms with Gasteiger partial charge in [0.2, 0.25) is 0 Å². The van der Waals surface area contributed by atoms with Gasteiger partial charge in [-0.1, -0.05) is 24.4 Å². The van der Waals surface area contributed by atoms with Crippen molar-refractivity contribution in [3.8, 4) is 0 Å². The van der Waals surface area contributed by atoms with Crippen LogP contribution in [0, 0.1) is 5.92 Å². The van der Waals surface area contributed by atoms with Crippen molar-refractivity contribution < 1.29 is 8.42 Å². The highest BCUT2D eigenvalue weighted by molar-refractivity contribution is 7.91. The number of nitrogens with two attached hydrogens (primary N) is 1. The zero-order valence-corrected chi connectivity index (χ0v) is 13.5. The fourth-order valence-electron chi connectivity index (χ4n) is 3.48. The summed E-state index contributed by atoms with van der Waals surface area (Å²) in [5.41, 5.74) is 6.22. The summed E-state index contributed by atoms with van der Waals surface area (Å²) in [4.78, 5) is 2.98. The van der Waals surface area contributed by atoms with E-state index in [4.69, 9.17) is 18.0 Å². The third-order valence-corrected chi connectivity index (χ3v) is 6.61. The van der Waals surface area contributed by atoms with Gasteiger partial charge in [-0.2, -0.15) is 0 Å². The van der Waals surface area contributed by atoms with E-state index >= 15 is 0 Å². The van der Waals surface area contributed by atoms with Crippen molar-refractivity contribution in [1.29, 1.82) is 0 Å². The highest BCUT2D eigenvalue weighted by Crippen LogP contribution is 2.37. The molecule has 0 aromatic heterocycles. The first-order valence-corrected chi connectivity index (χ1v) is 9.38. The summed E-state index contributed by atoms with van der Waals surface area (Å²) >= 11 is 4.87. The Morgan fingerprint density at radius 3 is 2.52 bits per heavy atom. The smallest absolute Gasteiger partial charge is 0.179 e. The summed E-state index contributed by atoms with van der Waals surface area (Å²) in [6.07, 6.45) is 3.80. The maximum Gasteiger partial charge on any atom is 0.179 e. The van der Waals surface area contributed by atoms with Crippen LogP contribution in [-0.2, 0) is 9.84 Å². The van der Waals surface area contributed by atoms with Crippen LogP contribution in [0.5, 0.6) is 0 Å². The second kappa shape index (κ2) is 5.66. The SMILES string of the molecule is NC(=S)c1ccc(S(=O)(=O)CCN2CC3CCC2C3)cc1. The maximum atomic E-state index is 12.4.